The molecule has 3 rings (SSSR count). The van der Waals surface area contributed by atoms with Crippen LogP contribution in [0.1, 0.15) is 32.6 Å². The molecule has 0 aromatic heterocycles. The van der Waals surface area contributed by atoms with E-state index in [4.69, 9.17) is 4.74 Å². The van der Waals surface area contributed by atoms with Crippen LogP contribution < -0.4 is 10.2 Å². The van der Waals surface area contributed by atoms with Crippen LogP contribution in [0.15, 0.2) is 24.3 Å². The Hall–Kier alpha value is -1.22. The average molecular weight is 274 g/mol. The van der Waals surface area contributed by atoms with E-state index in [1.54, 1.807) is 0 Å². The molecule has 1 saturated carbocycles. The molecule has 3 nitrogen and oxygen atoms in total. The molecule has 20 heavy (non-hydrogen) atoms. The van der Waals surface area contributed by atoms with Gasteiger partial charge in [-0.25, -0.2) is 0 Å². The summed E-state index contributed by atoms with van der Waals surface area (Å²) in [6.07, 6.45) is 5.33. The smallest absolute Gasteiger partial charge is 0.0642 e. The van der Waals surface area contributed by atoms with Crippen LogP contribution in [0.2, 0.25) is 0 Å². The molecular formula is C17H26N2O. The number of para-hydroxylation sites is 2. The molecule has 2 fully saturated rings. The second-order valence-corrected chi connectivity index (χ2v) is 6.22. The fraction of sp³-hybridized carbons (Fsp3) is 0.647. The minimum Gasteiger partial charge on any atom is -0.381 e. The Balaban J connectivity index is 1.69. The second-order valence-electron chi connectivity index (χ2n) is 6.22. The van der Waals surface area contributed by atoms with Gasteiger partial charge in [-0.3, -0.25) is 0 Å². The maximum atomic E-state index is 5.46. The largest absolute Gasteiger partial charge is 0.381 e. The van der Waals surface area contributed by atoms with Crippen molar-refractivity contribution in [1.29, 1.82) is 0 Å². The van der Waals surface area contributed by atoms with Crippen LogP contribution >= 0.6 is 0 Å². The van der Waals surface area contributed by atoms with Crippen molar-refractivity contribution in [3.63, 3.8) is 0 Å². The zero-order valence-corrected chi connectivity index (χ0v) is 12.5. The topological polar surface area (TPSA) is 24.5 Å². The Morgan fingerprint density at radius 3 is 2.50 bits per heavy atom. The second kappa shape index (κ2) is 6.49. The first-order valence-electron chi connectivity index (χ1n) is 8.01. The first kappa shape index (κ1) is 13.7. The molecule has 1 saturated heterocycles. The van der Waals surface area contributed by atoms with E-state index in [2.05, 4.69) is 41.4 Å². The number of benzene rings is 1. The van der Waals surface area contributed by atoms with Gasteiger partial charge in [-0.15, -0.1) is 0 Å². The maximum absolute atomic E-state index is 5.46. The predicted octanol–water partition coefficient (Wildman–Crippen LogP) is 3.51. The normalized spacial score (nSPS) is 27.4. The van der Waals surface area contributed by atoms with Gasteiger partial charge in [-0.05, 0) is 43.7 Å². The minimum atomic E-state index is 0.647. The number of hydrogen-bond donors (Lipinski definition) is 1. The van der Waals surface area contributed by atoms with E-state index in [0.717, 1.165) is 32.2 Å². The lowest BCUT2D eigenvalue weighted by Gasteiger charge is -2.33. The average Bonchev–Trinajstić information content (AvgIpc) is 2.51. The SMILES string of the molecule is CC1CCC(Nc2ccccc2N2CCOCC2)CC1. The summed E-state index contributed by atoms with van der Waals surface area (Å²) in [6, 6.07) is 9.38. The highest BCUT2D eigenvalue weighted by atomic mass is 16.5. The van der Waals surface area contributed by atoms with Gasteiger partial charge in [0.2, 0.25) is 0 Å². The van der Waals surface area contributed by atoms with E-state index in [9.17, 15) is 0 Å². The molecular weight excluding hydrogens is 248 g/mol. The van der Waals surface area contributed by atoms with Crippen LogP contribution in [0.25, 0.3) is 0 Å². The zero-order chi connectivity index (χ0) is 13.8. The van der Waals surface area contributed by atoms with Gasteiger partial charge in [0.25, 0.3) is 0 Å². The predicted molar refractivity (Wildman–Crippen MR) is 84.5 cm³/mol. The lowest BCUT2D eigenvalue weighted by molar-refractivity contribution is 0.123. The summed E-state index contributed by atoms with van der Waals surface area (Å²) in [6.45, 7) is 6.06. The van der Waals surface area contributed by atoms with Crippen molar-refractivity contribution in [3.05, 3.63) is 24.3 Å². The summed E-state index contributed by atoms with van der Waals surface area (Å²) in [5, 5.41) is 3.78. The van der Waals surface area contributed by atoms with Crippen molar-refractivity contribution in [3.8, 4) is 0 Å². The van der Waals surface area contributed by atoms with Crippen LogP contribution in [0.5, 0.6) is 0 Å². The zero-order valence-electron chi connectivity index (χ0n) is 12.5. The fourth-order valence-electron chi connectivity index (χ4n) is 3.30. The van der Waals surface area contributed by atoms with Gasteiger partial charge in [0.1, 0.15) is 0 Å². The molecule has 1 N–H and O–H groups in total. The molecule has 0 unspecified atom stereocenters. The highest BCUT2D eigenvalue weighted by Gasteiger charge is 2.20. The third kappa shape index (κ3) is 3.26. The Kier molecular flexibility index (Phi) is 4.46. The molecule has 0 atom stereocenters. The van der Waals surface area contributed by atoms with E-state index in [1.165, 1.54) is 37.1 Å². The van der Waals surface area contributed by atoms with Gasteiger partial charge in [-0.2, -0.15) is 0 Å². The van der Waals surface area contributed by atoms with Crippen molar-refractivity contribution in [2.24, 2.45) is 5.92 Å². The summed E-state index contributed by atoms with van der Waals surface area (Å²) in [7, 11) is 0. The number of nitrogens with one attached hydrogen (secondary N) is 1. The number of rotatable bonds is 3. The van der Waals surface area contributed by atoms with Gasteiger partial charge in [-0.1, -0.05) is 19.1 Å². The Morgan fingerprint density at radius 2 is 1.75 bits per heavy atom. The maximum Gasteiger partial charge on any atom is 0.0642 e. The molecule has 2 aliphatic rings. The van der Waals surface area contributed by atoms with Gasteiger partial charge in [0.05, 0.1) is 24.6 Å². The van der Waals surface area contributed by atoms with Crippen molar-refractivity contribution in [1.82, 2.24) is 0 Å². The van der Waals surface area contributed by atoms with Crippen LogP contribution in [-0.2, 0) is 4.74 Å². The molecule has 1 heterocycles. The first-order chi connectivity index (χ1) is 9.83. The summed E-state index contributed by atoms with van der Waals surface area (Å²) in [4.78, 5) is 2.44. The van der Waals surface area contributed by atoms with Gasteiger partial charge < -0.3 is 15.0 Å². The lowest BCUT2D eigenvalue weighted by atomic mass is 9.87. The number of anilines is 2. The van der Waals surface area contributed by atoms with Crippen molar-refractivity contribution in [2.45, 2.75) is 38.6 Å². The molecule has 0 spiro atoms. The van der Waals surface area contributed by atoms with Crippen molar-refractivity contribution in [2.75, 3.05) is 36.5 Å². The summed E-state index contributed by atoms with van der Waals surface area (Å²) in [5.41, 5.74) is 2.64. The van der Waals surface area contributed by atoms with Crippen LogP contribution in [0.3, 0.4) is 0 Å². The summed E-state index contributed by atoms with van der Waals surface area (Å²) >= 11 is 0. The number of morpholine rings is 1. The third-order valence-electron chi connectivity index (χ3n) is 4.63. The van der Waals surface area contributed by atoms with E-state index in [0.29, 0.717) is 6.04 Å². The van der Waals surface area contributed by atoms with Crippen molar-refractivity contribution < 1.29 is 4.74 Å². The molecule has 1 aromatic rings. The van der Waals surface area contributed by atoms with E-state index < -0.39 is 0 Å². The monoisotopic (exact) mass is 274 g/mol. The third-order valence-corrected chi connectivity index (χ3v) is 4.63. The van der Waals surface area contributed by atoms with Crippen LogP contribution in [0.4, 0.5) is 11.4 Å². The Morgan fingerprint density at radius 1 is 1.05 bits per heavy atom. The molecule has 3 heteroatoms. The van der Waals surface area contributed by atoms with Gasteiger partial charge in [0, 0.05) is 19.1 Å². The highest BCUT2D eigenvalue weighted by molar-refractivity contribution is 5.70. The van der Waals surface area contributed by atoms with Crippen LogP contribution in [-0.4, -0.2) is 32.3 Å². The number of nitrogens with zero attached hydrogens (tertiary/aromatic N) is 1. The number of hydrogen-bond acceptors (Lipinski definition) is 3. The molecule has 1 aromatic carbocycles. The molecule has 0 radical (unpaired) electrons. The first-order valence-corrected chi connectivity index (χ1v) is 8.01. The van der Waals surface area contributed by atoms with Crippen molar-refractivity contribution >= 4 is 11.4 Å². The summed E-state index contributed by atoms with van der Waals surface area (Å²) in [5.74, 6) is 0.905. The molecule has 1 aliphatic carbocycles. The minimum absolute atomic E-state index is 0.647. The van der Waals surface area contributed by atoms with Gasteiger partial charge >= 0.3 is 0 Å². The Labute approximate surface area is 122 Å². The van der Waals surface area contributed by atoms with Crippen LogP contribution in [0, 0.1) is 5.92 Å². The fourth-order valence-corrected chi connectivity index (χ4v) is 3.30. The molecule has 1 aliphatic heterocycles. The van der Waals surface area contributed by atoms with Gasteiger partial charge in [0.15, 0.2) is 0 Å². The highest BCUT2D eigenvalue weighted by Crippen LogP contribution is 2.31. The quantitative estimate of drug-likeness (QED) is 0.913. The van der Waals surface area contributed by atoms with E-state index in [1.807, 2.05) is 0 Å². The standard InChI is InChI=1S/C17H26N2O/c1-14-6-8-15(9-7-14)18-16-4-2-3-5-17(16)19-10-12-20-13-11-19/h2-5,14-15,18H,6-13H2,1H3. The molecule has 0 amide bonds. The van der Waals surface area contributed by atoms with E-state index in [-0.39, 0.29) is 0 Å². The molecule has 110 valence electrons. The lowest BCUT2D eigenvalue weighted by Crippen LogP contribution is -2.37. The van der Waals surface area contributed by atoms with E-state index >= 15 is 0 Å². The Bertz CT molecular complexity index is 421. The summed E-state index contributed by atoms with van der Waals surface area (Å²) < 4.78 is 5.46. The number of ether oxygens (including phenoxy) is 1. The molecule has 0 bridgehead atoms.